The Hall–Kier alpha value is -1.62. The van der Waals surface area contributed by atoms with Gasteiger partial charge in [0.1, 0.15) is 5.75 Å². The molecule has 0 aliphatic heterocycles. The molecule has 1 heterocycles. The van der Waals surface area contributed by atoms with Crippen LogP contribution in [0.5, 0.6) is 5.75 Å². The number of nitrogens with zero attached hydrogens (tertiary/aromatic N) is 2. The molecule has 0 aliphatic rings. The van der Waals surface area contributed by atoms with Crippen LogP contribution in [0.15, 0.2) is 6.20 Å². The van der Waals surface area contributed by atoms with Crippen molar-refractivity contribution in [1.82, 2.24) is 9.88 Å². The van der Waals surface area contributed by atoms with Crippen molar-refractivity contribution < 1.29 is 14.6 Å². The molecular weight excluding hydrogens is 256 g/mol. The molecule has 1 aromatic heterocycles. The summed E-state index contributed by atoms with van der Waals surface area (Å²) in [6.07, 6.45) is 1.80. The van der Waals surface area contributed by atoms with Gasteiger partial charge in [0, 0.05) is 30.4 Å². The van der Waals surface area contributed by atoms with Crippen LogP contribution in [0, 0.1) is 19.8 Å². The van der Waals surface area contributed by atoms with Gasteiger partial charge >= 0.3 is 5.97 Å². The van der Waals surface area contributed by atoms with Gasteiger partial charge in [-0.3, -0.25) is 14.7 Å². The fourth-order valence-corrected chi connectivity index (χ4v) is 2.21. The fraction of sp³-hybridized carbons (Fsp3) is 0.600. The van der Waals surface area contributed by atoms with E-state index < -0.39 is 5.97 Å². The quantitative estimate of drug-likeness (QED) is 0.830. The number of aromatic nitrogens is 1. The molecule has 1 atom stereocenters. The van der Waals surface area contributed by atoms with Crippen LogP contribution in [-0.2, 0) is 11.3 Å². The van der Waals surface area contributed by atoms with E-state index in [1.807, 2.05) is 20.8 Å². The van der Waals surface area contributed by atoms with E-state index in [1.165, 1.54) is 0 Å². The van der Waals surface area contributed by atoms with Crippen molar-refractivity contribution in [3.05, 3.63) is 23.0 Å². The number of aryl methyl sites for hydroxylation is 1. The summed E-state index contributed by atoms with van der Waals surface area (Å²) in [5.74, 6) is -0.297. The zero-order chi connectivity index (χ0) is 15.3. The van der Waals surface area contributed by atoms with E-state index in [2.05, 4.69) is 9.88 Å². The summed E-state index contributed by atoms with van der Waals surface area (Å²) in [6.45, 7) is 9.64. The normalized spacial score (nSPS) is 12.5. The monoisotopic (exact) mass is 280 g/mol. The smallest absolute Gasteiger partial charge is 0.307 e. The fourth-order valence-electron chi connectivity index (χ4n) is 2.21. The van der Waals surface area contributed by atoms with Crippen molar-refractivity contribution >= 4 is 5.97 Å². The Morgan fingerprint density at radius 1 is 1.50 bits per heavy atom. The molecule has 0 spiro atoms. The van der Waals surface area contributed by atoms with E-state index in [-0.39, 0.29) is 5.92 Å². The van der Waals surface area contributed by atoms with E-state index in [9.17, 15) is 4.79 Å². The molecule has 0 aromatic carbocycles. The highest BCUT2D eigenvalue weighted by molar-refractivity contribution is 5.69. The number of hydrogen-bond acceptors (Lipinski definition) is 4. The van der Waals surface area contributed by atoms with Crippen LogP contribution in [-0.4, -0.2) is 41.2 Å². The molecule has 0 amide bonds. The van der Waals surface area contributed by atoms with Gasteiger partial charge < -0.3 is 9.84 Å². The number of carbonyl (C=O) groups is 1. The second-order valence-electron chi connectivity index (χ2n) is 5.11. The maximum Gasteiger partial charge on any atom is 0.307 e. The number of aliphatic carboxylic acids is 1. The van der Waals surface area contributed by atoms with Gasteiger partial charge in [-0.25, -0.2) is 0 Å². The van der Waals surface area contributed by atoms with E-state index >= 15 is 0 Å². The maximum atomic E-state index is 11.0. The SMILES string of the molecule is CCN(Cc1ncc(C)c(OC)c1C)CC(C)C(=O)O. The van der Waals surface area contributed by atoms with E-state index in [0.717, 1.165) is 29.1 Å². The van der Waals surface area contributed by atoms with E-state index in [1.54, 1.807) is 20.2 Å². The summed E-state index contributed by atoms with van der Waals surface area (Å²) in [5, 5.41) is 9.00. The average molecular weight is 280 g/mol. The summed E-state index contributed by atoms with van der Waals surface area (Å²) >= 11 is 0. The first-order valence-electron chi connectivity index (χ1n) is 6.84. The zero-order valence-corrected chi connectivity index (χ0v) is 12.9. The Kier molecular flexibility index (Phi) is 5.95. The van der Waals surface area contributed by atoms with E-state index in [4.69, 9.17) is 9.84 Å². The molecule has 0 aliphatic carbocycles. The number of pyridine rings is 1. The predicted molar refractivity (Wildman–Crippen MR) is 78.0 cm³/mol. The highest BCUT2D eigenvalue weighted by Gasteiger charge is 2.17. The third-order valence-corrected chi connectivity index (χ3v) is 3.52. The van der Waals surface area contributed by atoms with Crippen LogP contribution in [0.3, 0.4) is 0 Å². The molecule has 1 rings (SSSR count). The molecule has 1 N–H and O–H groups in total. The van der Waals surface area contributed by atoms with Crippen LogP contribution in [0.1, 0.15) is 30.7 Å². The summed E-state index contributed by atoms with van der Waals surface area (Å²) in [6, 6.07) is 0. The van der Waals surface area contributed by atoms with Gasteiger partial charge in [-0.15, -0.1) is 0 Å². The van der Waals surface area contributed by atoms with Crippen LogP contribution < -0.4 is 4.74 Å². The van der Waals surface area contributed by atoms with Crippen LogP contribution in [0.2, 0.25) is 0 Å². The molecule has 5 heteroatoms. The van der Waals surface area contributed by atoms with Crippen molar-refractivity contribution in [1.29, 1.82) is 0 Å². The van der Waals surface area contributed by atoms with Crippen molar-refractivity contribution in [2.24, 2.45) is 5.92 Å². The van der Waals surface area contributed by atoms with Gasteiger partial charge in [-0.2, -0.15) is 0 Å². The van der Waals surface area contributed by atoms with Crippen molar-refractivity contribution in [3.8, 4) is 5.75 Å². The number of carboxylic acids is 1. The Labute approximate surface area is 120 Å². The van der Waals surface area contributed by atoms with Crippen LogP contribution in [0.4, 0.5) is 0 Å². The second-order valence-corrected chi connectivity index (χ2v) is 5.11. The molecule has 0 bridgehead atoms. The predicted octanol–water partition coefficient (Wildman–Crippen LogP) is 2.25. The zero-order valence-electron chi connectivity index (χ0n) is 12.9. The number of rotatable bonds is 7. The first kappa shape index (κ1) is 16.4. The molecule has 5 nitrogen and oxygen atoms in total. The van der Waals surface area contributed by atoms with Gasteiger partial charge in [0.25, 0.3) is 0 Å². The highest BCUT2D eigenvalue weighted by Crippen LogP contribution is 2.24. The minimum atomic E-state index is -0.769. The lowest BCUT2D eigenvalue weighted by Gasteiger charge is -2.23. The Morgan fingerprint density at radius 3 is 2.65 bits per heavy atom. The van der Waals surface area contributed by atoms with Gasteiger partial charge in [-0.1, -0.05) is 13.8 Å². The first-order valence-corrected chi connectivity index (χ1v) is 6.84. The van der Waals surface area contributed by atoms with Crippen molar-refractivity contribution in [2.45, 2.75) is 34.2 Å². The molecule has 0 saturated heterocycles. The molecule has 0 saturated carbocycles. The van der Waals surface area contributed by atoms with Crippen molar-refractivity contribution in [2.75, 3.05) is 20.2 Å². The summed E-state index contributed by atoms with van der Waals surface area (Å²) in [5.41, 5.74) is 2.97. The molecule has 20 heavy (non-hydrogen) atoms. The van der Waals surface area contributed by atoms with E-state index in [0.29, 0.717) is 13.1 Å². The Morgan fingerprint density at radius 2 is 2.15 bits per heavy atom. The third-order valence-electron chi connectivity index (χ3n) is 3.52. The summed E-state index contributed by atoms with van der Waals surface area (Å²) in [7, 11) is 1.66. The summed E-state index contributed by atoms with van der Waals surface area (Å²) < 4.78 is 5.40. The number of carboxylic acid groups (broad SMARTS) is 1. The first-order chi connectivity index (χ1) is 9.40. The van der Waals surface area contributed by atoms with Gasteiger partial charge in [0.15, 0.2) is 0 Å². The van der Waals surface area contributed by atoms with Crippen LogP contribution in [0.25, 0.3) is 0 Å². The van der Waals surface area contributed by atoms with Crippen LogP contribution >= 0.6 is 0 Å². The minimum Gasteiger partial charge on any atom is -0.496 e. The molecule has 112 valence electrons. The minimum absolute atomic E-state index is 0.386. The Bertz CT molecular complexity index is 474. The summed E-state index contributed by atoms with van der Waals surface area (Å²) in [4.78, 5) is 17.5. The lowest BCUT2D eigenvalue weighted by molar-refractivity contribution is -0.141. The molecule has 0 radical (unpaired) electrons. The van der Waals surface area contributed by atoms with Gasteiger partial charge in [0.2, 0.25) is 0 Å². The second kappa shape index (κ2) is 7.24. The molecular formula is C15H24N2O3. The molecule has 1 aromatic rings. The average Bonchev–Trinajstić information content (AvgIpc) is 2.41. The van der Waals surface area contributed by atoms with Gasteiger partial charge in [0.05, 0.1) is 18.7 Å². The largest absolute Gasteiger partial charge is 0.496 e. The third kappa shape index (κ3) is 3.93. The Balaban J connectivity index is 2.88. The topological polar surface area (TPSA) is 62.7 Å². The number of methoxy groups -OCH3 is 1. The number of hydrogen-bond donors (Lipinski definition) is 1. The highest BCUT2D eigenvalue weighted by atomic mass is 16.5. The molecule has 1 unspecified atom stereocenters. The maximum absolute atomic E-state index is 11.0. The lowest BCUT2D eigenvalue weighted by Crippen LogP contribution is -2.32. The molecule has 0 fully saturated rings. The van der Waals surface area contributed by atoms with Crippen molar-refractivity contribution in [3.63, 3.8) is 0 Å². The van der Waals surface area contributed by atoms with Gasteiger partial charge in [-0.05, 0) is 20.4 Å². The standard InChI is InChI=1S/C15H24N2O3/c1-6-17(8-11(3)15(18)19)9-13-12(4)14(20-5)10(2)7-16-13/h7,11H,6,8-9H2,1-5H3,(H,18,19). The number of ether oxygens (including phenoxy) is 1. The lowest BCUT2D eigenvalue weighted by atomic mass is 10.1.